The lowest BCUT2D eigenvalue weighted by molar-refractivity contribution is -0.137. The molecule has 0 bridgehead atoms. The van der Waals surface area contributed by atoms with E-state index in [0.29, 0.717) is 18.2 Å². The fourth-order valence-corrected chi connectivity index (χ4v) is 1.94. The summed E-state index contributed by atoms with van der Waals surface area (Å²) in [5.41, 5.74) is 6.41. The second kappa shape index (κ2) is 5.68. The van der Waals surface area contributed by atoms with E-state index in [1.165, 1.54) is 31.8 Å². The molecule has 0 heterocycles. The monoisotopic (exact) mass is 197 g/mol. The molecule has 0 aromatic heterocycles. The first kappa shape index (κ1) is 11.1. The van der Waals surface area contributed by atoms with Crippen LogP contribution < -0.4 is 5.73 Å². The molecule has 2 N–H and O–H groups in total. The highest BCUT2D eigenvalue weighted by molar-refractivity contribution is 5.82. The Morgan fingerprint density at radius 3 is 2.71 bits per heavy atom. The van der Waals surface area contributed by atoms with Crippen molar-refractivity contribution in [1.82, 2.24) is 0 Å². The van der Waals surface area contributed by atoms with Crippen LogP contribution in [-0.4, -0.2) is 12.6 Å². The zero-order valence-electron chi connectivity index (χ0n) is 8.79. The Labute approximate surface area is 85.3 Å². The van der Waals surface area contributed by atoms with Gasteiger partial charge in [-0.05, 0) is 19.3 Å². The average molecular weight is 197 g/mol. The van der Waals surface area contributed by atoms with Crippen LogP contribution in [0.4, 0.5) is 0 Å². The van der Waals surface area contributed by atoms with Crippen molar-refractivity contribution in [2.45, 2.75) is 39.0 Å². The van der Waals surface area contributed by atoms with Crippen LogP contribution in [-0.2, 0) is 9.53 Å². The standard InChI is InChI=1S/C11H19NO2/c1-2-14-11(13)8-10(12)7-9-5-3-4-6-9/h8-9H,2-7,12H2,1H3/b10-8-. The summed E-state index contributed by atoms with van der Waals surface area (Å²) < 4.78 is 4.78. The molecule has 0 aliphatic heterocycles. The van der Waals surface area contributed by atoms with Crippen molar-refractivity contribution in [2.75, 3.05) is 6.61 Å². The van der Waals surface area contributed by atoms with Gasteiger partial charge in [0, 0.05) is 11.8 Å². The Morgan fingerprint density at radius 2 is 2.14 bits per heavy atom. The highest BCUT2D eigenvalue weighted by Crippen LogP contribution is 2.28. The van der Waals surface area contributed by atoms with Gasteiger partial charge in [-0.1, -0.05) is 25.7 Å². The van der Waals surface area contributed by atoms with Crippen molar-refractivity contribution >= 4 is 5.97 Å². The zero-order valence-corrected chi connectivity index (χ0v) is 8.79. The molecule has 1 saturated carbocycles. The lowest BCUT2D eigenvalue weighted by atomic mass is 10.0. The van der Waals surface area contributed by atoms with Crippen LogP contribution >= 0.6 is 0 Å². The number of nitrogens with two attached hydrogens (primary N) is 1. The molecule has 0 saturated heterocycles. The molecule has 0 unspecified atom stereocenters. The van der Waals surface area contributed by atoms with E-state index in [2.05, 4.69) is 0 Å². The maximum absolute atomic E-state index is 11.0. The summed E-state index contributed by atoms with van der Waals surface area (Å²) in [4.78, 5) is 11.0. The Balaban J connectivity index is 2.31. The first-order valence-electron chi connectivity index (χ1n) is 5.35. The predicted molar refractivity (Wildman–Crippen MR) is 55.5 cm³/mol. The first-order valence-corrected chi connectivity index (χ1v) is 5.35. The average Bonchev–Trinajstić information content (AvgIpc) is 2.56. The van der Waals surface area contributed by atoms with Crippen molar-refractivity contribution in [3.63, 3.8) is 0 Å². The van der Waals surface area contributed by atoms with E-state index in [1.807, 2.05) is 0 Å². The van der Waals surface area contributed by atoms with Gasteiger partial charge in [0.05, 0.1) is 6.61 Å². The van der Waals surface area contributed by atoms with Gasteiger partial charge in [-0.2, -0.15) is 0 Å². The number of ether oxygens (including phenoxy) is 1. The largest absolute Gasteiger partial charge is 0.463 e. The molecule has 3 nitrogen and oxygen atoms in total. The second-order valence-electron chi connectivity index (χ2n) is 3.83. The molecule has 14 heavy (non-hydrogen) atoms. The van der Waals surface area contributed by atoms with E-state index in [9.17, 15) is 4.79 Å². The zero-order chi connectivity index (χ0) is 10.4. The summed E-state index contributed by atoms with van der Waals surface area (Å²) in [5.74, 6) is 0.365. The van der Waals surface area contributed by atoms with E-state index in [4.69, 9.17) is 10.5 Å². The van der Waals surface area contributed by atoms with Gasteiger partial charge in [0.2, 0.25) is 0 Å². The Bertz CT molecular complexity index is 217. The molecule has 1 fully saturated rings. The molecule has 0 aromatic carbocycles. The van der Waals surface area contributed by atoms with Crippen molar-refractivity contribution in [1.29, 1.82) is 0 Å². The van der Waals surface area contributed by atoms with Crippen LogP contribution in [0.2, 0.25) is 0 Å². The number of rotatable bonds is 4. The Hall–Kier alpha value is -0.990. The third kappa shape index (κ3) is 3.81. The molecule has 1 aliphatic rings. The second-order valence-corrected chi connectivity index (χ2v) is 3.83. The van der Waals surface area contributed by atoms with Crippen LogP contribution in [0, 0.1) is 5.92 Å². The van der Waals surface area contributed by atoms with Gasteiger partial charge in [0.15, 0.2) is 0 Å². The van der Waals surface area contributed by atoms with Crippen LogP contribution in [0.15, 0.2) is 11.8 Å². The highest BCUT2D eigenvalue weighted by Gasteiger charge is 2.15. The molecular weight excluding hydrogens is 178 g/mol. The molecular formula is C11H19NO2. The molecule has 0 amide bonds. The van der Waals surface area contributed by atoms with Crippen LogP contribution in [0.3, 0.4) is 0 Å². The quantitative estimate of drug-likeness (QED) is 0.553. The smallest absolute Gasteiger partial charge is 0.332 e. The van der Waals surface area contributed by atoms with Gasteiger partial charge in [-0.3, -0.25) is 0 Å². The maximum Gasteiger partial charge on any atom is 0.332 e. The number of hydrogen-bond acceptors (Lipinski definition) is 3. The topological polar surface area (TPSA) is 52.3 Å². The lowest BCUT2D eigenvalue weighted by Gasteiger charge is -2.08. The molecule has 0 atom stereocenters. The number of esters is 1. The summed E-state index contributed by atoms with van der Waals surface area (Å²) in [6.45, 7) is 2.20. The molecule has 0 radical (unpaired) electrons. The Kier molecular flexibility index (Phi) is 4.50. The molecule has 1 aliphatic carbocycles. The summed E-state index contributed by atoms with van der Waals surface area (Å²) >= 11 is 0. The first-order chi connectivity index (χ1) is 6.72. The van der Waals surface area contributed by atoms with Crippen molar-refractivity contribution in [2.24, 2.45) is 11.7 Å². The summed E-state index contributed by atoms with van der Waals surface area (Å²) in [6, 6.07) is 0. The summed E-state index contributed by atoms with van der Waals surface area (Å²) in [5, 5.41) is 0. The predicted octanol–water partition coefficient (Wildman–Crippen LogP) is 1.97. The van der Waals surface area contributed by atoms with Gasteiger partial charge < -0.3 is 10.5 Å². The molecule has 3 heteroatoms. The number of carbonyl (C=O) groups is 1. The van der Waals surface area contributed by atoms with Crippen LogP contribution in [0.5, 0.6) is 0 Å². The minimum atomic E-state index is -0.317. The van der Waals surface area contributed by atoms with Gasteiger partial charge in [-0.25, -0.2) is 4.79 Å². The molecule has 80 valence electrons. The Morgan fingerprint density at radius 1 is 1.50 bits per heavy atom. The fraction of sp³-hybridized carbons (Fsp3) is 0.727. The van der Waals surface area contributed by atoms with E-state index in [-0.39, 0.29) is 5.97 Å². The molecule has 1 rings (SSSR count). The summed E-state index contributed by atoms with van der Waals surface area (Å²) in [6.07, 6.45) is 7.37. The van der Waals surface area contributed by atoms with Gasteiger partial charge in [-0.15, -0.1) is 0 Å². The SMILES string of the molecule is CCOC(=O)/C=C(\N)CC1CCCC1. The van der Waals surface area contributed by atoms with E-state index >= 15 is 0 Å². The molecule has 0 spiro atoms. The van der Waals surface area contributed by atoms with Crippen LogP contribution in [0.1, 0.15) is 39.0 Å². The van der Waals surface area contributed by atoms with Crippen molar-refractivity contribution in [3.05, 3.63) is 11.8 Å². The summed E-state index contributed by atoms with van der Waals surface area (Å²) in [7, 11) is 0. The number of carbonyl (C=O) groups excluding carboxylic acids is 1. The van der Waals surface area contributed by atoms with Crippen molar-refractivity contribution in [3.8, 4) is 0 Å². The van der Waals surface area contributed by atoms with Gasteiger partial charge in [0.25, 0.3) is 0 Å². The van der Waals surface area contributed by atoms with Gasteiger partial charge >= 0.3 is 5.97 Å². The third-order valence-electron chi connectivity index (χ3n) is 2.59. The normalized spacial score (nSPS) is 18.5. The van der Waals surface area contributed by atoms with Gasteiger partial charge in [0.1, 0.15) is 0 Å². The minimum Gasteiger partial charge on any atom is -0.463 e. The lowest BCUT2D eigenvalue weighted by Crippen LogP contribution is -2.08. The van der Waals surface area contributed by atoms with Crippen molar-refractivity contribution < 1.29 is 9.53 Å². The van der Waals surface area contributed by atoms with Crippen LogP contribution in [0.25, 0.3) is 0 Å². The minimum absolute atomic E-state index is 0.317. The third-order valence-corrected chi connectivity index (χ3v) is 2.59. The maximum atomic E-state index is 11.0. The van der Waals surface area contributed by atoms with E-state index in [1.54, 1.807) is 6.92 Å². The molecule has 0 aromatic rings. The highest BCUT2D eigenvalue weighted by atomic mass is 16.5. The number of allylic oxidation sites excluding steroid dienone is 1. The van der Waals surface area contributed by atoms with E-state index < -0.39 is 0 Å². The number of hydrogen-bond donors (Lipinski definition) is 1. The fourth-order valence-electron chi connectivity index (χ4n) is 1.94. The van der Waals surface area contributed by atoms with E-state index in [0.717, 1.165) is 6.42 Å².